The van der Waals surface area contributed by atoms with Crippen LogP contribution in [0.3, 0.4) is 0 Å². The monoisotopic (exact) mass is 569 g/mol. The molecule has 0 bridgehead atoms. The number of aryl methyl sites for hydroxylation is 1. The van der Waals surface area contributed by atoms with Crippen molar-refractivity contribution in [2.75, 3.05) is 7.11 Å². The van der Waals surface area contributed by atoms with E-state index < -0.39 is 0 Å². The summed E-state index contributed by atoms with van der Waals surface area (Å²) in [5, 5.41) is 1.73. The quantitative estimate of drug-likeness (QED) is 0.112. The molecule has 0 saturated heterocycles. The number of pyridine rings is 1. The molecule has 1 aromatic heterocycles. The molecule has 0 N–H and O–H groups in total. The Morgan fingerprint density at radius 3 is 2.62 bits per heavy atom. The second-order valence-electron chi connectivity index (χ2n) is 10.5. The van der Waals surface area contributed by atoms with Crippen LogP contribution in [0.2, 0.25) is 5.02 Å². The third-order valence-electron chi connectivity index (χ3n) is 8.00. The topological polar surface area (TPSA) is 56.3 Å². The van der Waals surface area contributed by atoms with Gasteiger partial charge in [0.15, 0.2) is 0 Å². The highest BCUT2D eigenvalue weighted by molar-refractivity contribution is 7.81. The van der Waals surface area contributed by atoms with E-state index in [1.54, 1.807) is 0 Å². The van der Waals surface area contributed by atoms with Crippen molar-refractivity contribution in [3.8, 4) is 0 Å². The van der Waals surface area contributed by atoms with Gasteiger partial charge in [-0.05, 0) is 84.0 Å². The molecule has 5 rings (SSSR count). The van der Waals surface area contributed by atoms with Crippen LogP contribution < -0.4 is 0 Å². The van der Waals surface area contributed by atoms with Crippen molar-refractivity contribution >= 4 is 59.5 Å². The molecule has 0 radical (unpaired) electrons. The molecule has 1 heterocycles. The predicted octanol–water partition coefficient (Wildman–Crippen LogP) is 8.23. The number of nitrogens with zero attached hydrogens (tertiary/aromatic N) is 1. The Kier molecular flexibility index (Phi) is 8.72. The van der Waals surface area contributed by atoms with Gasteiger partial charge in [0.05, 0.1) is 23.9 Å². The van der Waals surface area contributed by atoms with Crippen LogP contribution in [-0.4, -0.2) is 29.6 Å². The van der Waals surface area contributed by atoms with Gasteiger partial charge in [-0.2, -0.15) is 12.6 Å². The Balaban J connectivity index is 1.42. The smallest absolute Gasteiger partial charge is 0.338 e. The highest BCUT2D eigenvalue weighted by Gasteiger charge is 2.50. The summed E-state index contributed by atoms with van der Waals surface area (Å²) < 4.78 is 5.01. The normalized spacial score (nSPS) is 15.6. The number of hydrogen-bond donors (Lipinski definition) is 1. The summed E-state index contributed by atoms with van der Waals surface area (Å²) in [5.74, 6) is -0.225. The summed E-state index contributed by atoms with van der Waals surface area (Å²) in [7, 11) is 1.41. The highest BCUT2D eigenvalue weighted by Crippen LogP contribution is 2.57. The van der Waals surface area contributed by atoms with E-state index in [0.717, 1.165) is 53.3 Å². The van der Waals surface area contributed by atoms with Crippen molar-refractivity contribution in [2.24, 2.45) is 5.41 Å². The fraction of sp³-hybridized carbons (Fsp3) is 0.265. The molecule has 1 saturated carbocycles. The fourth-order valence-electron chi connectivity index (χ4n) is 5.51. The van der Waals surface area contributed by atoms with Crippen LogP contribution in [0.1, 0.15) is 64.3 Å². The number of aldehydes is 1. The summed E-state index contributed by atoms with van der Waals surface area (Å²) in [5.41, 5.74) is 5.43. The molecule has 6 heteroatoms. The van der Waals surface area contributed by atoms with Gasteiger partial charge < -0.3 is 9.53 Å². The van der Waals surface area contributed by atoms with Gasteiger partial charge in [-0.25, -0.2) is 9.78 Å². The molecule has 3 aromatic carbocycles. The van der Waals surface area contributed by atoms with Gasteiger partial charge in [0.2, 0.25) is 0 Å². The van der Waals surface area contributed by atoms with E-state index in [2.05, 4.69) is 30.3 Å². The number of fused-ring (bicyclic) bond motifs is 1. The number of aromatic nitrogens is 1. The molecular weight excluding hydrogens is 538 g/mol. The van der Waals surface area contributed by atoms with Crippen LogP contribution in [0, 0.1) is 5.41 Å². The molecule has 1 aliphatic carbocycles. The van der Waals surface area contributed by atoms with Gasteiger partial charge in [0.1, 0.15) is 6.29 Å². The third kappa shape index (κ3) is 6.32. The lowest BCUT2D eigenvalue weighted by molar-refractivity contribution is -0.108. The largest absolute Gasteiger partial charge is 0.465 e. The van der Waals surface area contributed by atoms with E-state index in [-0.39, 0.29) is 22.6 Å². The first-order chi connectivity index (χ1) is 19.4. The van der Waals surface area contributed by atoms with E-state index in [0.29, 0.717) is 23.4 Å². The lowest BCUT2D eigenvalue weighted by Crippen LogP contribution is -2.26. The second kappa shape index (κ2) is 12.4. The van der Waals surface area contributed by atoms with Crippen LogP contribution >= 0.6 is 24.2 Å². The number of rotatable bonds is 11. The van der Waals surface area contributed by atoms with Gasteiger partial charge >= 0.3 is 5.97 Å². The van der Waals surface area contributed by atoms with Gasteiger partial charge in [0.25, 0.3) is 0 Å². The van der Waals surface area contributed by atoms with E-state index in [9.17, 15) is 9.59 Å². The number of thiol groups is 1. The maximum atomic E-state index is 12.4. The van der Waals surface area contributed by atoms with Gasteiger partial charge in [-0.1, -0.05) is 72.3 Å². The van der Waals surface area contributed by atoms with E-state index >= 15 is 0 Å². The van der Waals surface area contributed by atoms with Crippen molar-refractivity contribution in [3.63, 3.8) is 0 Å². The lowest BCUT2D eigenvalue weighted by atomic mass is 9.80. The van der Waals surface area contributed by atoms with Crippen LogP contribution in [0.25, 0.3) is 23.1 Å². The zero-order valence-corrected chi connectivity index (χ0v) is 24.1. The van der Waals surface area contributed by atoms with Crippen molar-refractivity contribution in [1.29, 1.82) is 0 Å². The molecule has 2 atom stereocenters. The van der Waals surface area contributed by atoms with Gasteiger partial charge in [-0.15, -0.1) is 0 Å². The van der Waals surface area contributed by atoms with Gasteiger partial charge in [-0.3, -0.25) is 0 Å². The van der Waals surface area contributed by atoms with Crippen LogP contribution in [-0.2, 0) is 16.0 Å². The van der Waals surface area contributed by atoms with Crippen molar-refractivity contribution < 1.29 is 14.3 Å². The van der Waals surface area contributed by atoms with Crippen molar-refractivity contribution in [2.45, 2.75) is 43.3 Å². The van der Waals surface area contributed by atoms with Crippen molar-refractivity contribution in [3.05, 3.63) is 112 Å². The number of esters is 1. The van der Waals surface area contributed by atoms with Crippen molar-refractivity contribution in [1.82, 2.24) is 4.98 Å². The first kappa shape index (κ1) is 28.1. The van der Waals surface area contributed by atoms with E-state index in [1.807, 2.05) is 60.7 Å². The minimum absolute atomic E-state index is 0.0223. The zero-order chi connectivity index (χ0) is 28.1. The minimum Gasteiger partial charge on any atom is -0.465 e. The molecular formula is C34H32ClNO3S. The minimum atomic E-state index is -0.328. The molecule has 1 aliphatic rings. The van der Waals surface area contributed by atoms with E-state index in [1.165, 1.54) is 12.7 Å². The molecule has 4 aromatic rings. The third-order valence-corrected chi connectivity index (χ3v) is 9.14. The Morgan fingerprint density at radius 1 is 1.05 bits per heavy atom. The molecule has 0 amide bonds. The number of benzene rings is 3. The van der Waals surface area contributed by atoms with Crippen LogP contribution in [0.5, 0.6) is 0 Å². The number of ether oxygens (including phenoxy) is 1. The molecule has 0 aliphatic heterocycles. The number of methoxy groups -OCH3 is 1. The average molecular weight is 570 g/mol. The number of carbonyl (C=O) groups is 2. The number of hydrogen-bond acceptors (Lipinski definition) is 5. The second-order valence-corrected chi connectivity index (χ2v) is 11.5. The summed E-state index contributed by atoms with van der Waals surface area (Å²) in [6.07, 6.45) is 9.14. The molecule has 1 unspecified atom stereocenters. The first-order valence-electron chi connectivity index (χ1n) is 13.5. The Hall–Kier alpha value is -3.41. The fourth-order valence-corrected chi connectivity index (χ4v) is 6.36. The summed E-state index contributed by atoms with van der Waals surface area (Å²) >= 11 is 11.3. The molecule has 0 spiro atoms. The Bertz CT molecular complexity index is 1560. The Morgan fingerprint density at radius 2 is 1.85 bits per heavy atom. The predicted molar refractivity (Wildman–Crippen MR) is 166 cm³/mol. The zero-order valence-electron chi connectivity index (χ0n) is 22.4. The molecule has 4 nitrogen and oxygen atoms in total. The summed E-state index contributed by atoms with van der Waals surface area (Å²) in [4.78, 5) is 28.6. The Labute approximate surface area is 245 Å². The maximum Gasteiger partial charge on any atom is 0.338 e. The lowest BCUT2D eigenvalue weighted by Gasteiger charge is -2.30. The maximum absolute atomic E-state index is 12.4. The first-order valence-corrected chi connectivity index (χ1v) is 14.4. The highest BCUT2D eigenvalue weighted by atomic mass is 35.5. The van der Waals surface area contributed by atoms with E-state index in [4.69, 9.17) is 34.0 Å². The standard InChI is InChI=1S/C34H32ClNO3S/c1-39-33(38)30-8-3-2-6-24(30)12-16-29(32(40)34(17-18-34)19-20-37)26-7-4-5-23(21-26)9-14-28-15-11-25-10-13-27(35)22-31(25)36-28/h2-11,13-15,20-22,29,32,40H,12,16-19H2,1H3/b14-9+/t29-,32?/m1/s1. The summed E-state index contributed by atoms with van der Waals surface area (Å²) in [6.45, 7) is 0. The summed E-state index contributed by atoms with van der Waals surface area (Å²) in [6, 6.07) is 25.8. The molecule has 40 heavy (non-hydrogen) atoms. The van der Waals surface area contributed by atoms with Crippen LogP contribution in [0.15, 0.2) is 78.9 Å². The number of halogens is 1. The molecule has 1 fully saturated rings. The van der Waals surface area contributed by atoms with Gasteiger partial charge in [0, 0.05) is 22.1 Å². The average Bonchev–Trinajstić information content (AvgIpc) is 3.77. The van der Waals surface area contributed by atoms with Crippen LogP contribution in [0.4, 0.5) is 0 Å². The SMILES string of the molecule is COC(=O)c1ccccc1CC[C@H](c1cccc(/C=C/c2ccc3ccc(Cl)cc3n2)c1)C(S)C1(CC=O)CC1. The number of carbonyl (C=O) groups excluding carboxylic acids is 2. The molecule has 204 valence electrons.